The smallest absolute Gasteiger partial charge is 1.00 e. The van der Waals surface area contributed by atoms with E-state index in [-0.39, 0.29) is 24.8 Å². The second kappa shape index (κ2) is 8.47. The van der Waals surface area contributed by atoms with E-state index in [0.717, 1.165) is 0 Å². The maximum absolute atomic E-state index is 2.45. The normalized spacial score (nSPS) is 17.8. The number of aromatic nitrogens is 1. The Morgan fingerprint density at radius 3 is 2.23 bits per heavy atom. The van der Waals surface area contributed by atoms with Crippen molar-refractivity contribution >= 4 is 11.8 Å². The summed E-state index contributed by atoms with van der Waals surface area (Å²) in [6.07, 6.45) is 10.5. The number of hydrogen-bond acceptors (Lipinski definition) is 0. The summed E-state index contributed by atoms with van der Waals surface area (Å²) in [5.74, 6) is 0. The maximum Gasteiger partial charge on any atom is -1.00 e. The Balaban J connectivity index is 0.00000121. The number of allylic oxidation sites excluding steroid dienone is 5. The van der Waals surface area contributed by atoms with Crippen molar-refractivity contribution in [1.82, 2.24) is 4.57 Å². The number of hydrogen-bond donors (Lipinski definition) is 0. The molecule has 0 N–H and O–H groups in total. The molecular weight excluding hydrogens is 440 g/mol. The van der Waals surface area contributed by atoms with Gasteiger partial charge in [0.1, 0.15) is 0 Å². The van der Waals surface area contributed by atoms with E-state index in [1.165, 1.54) is 34.4 Å². The molecule has 0 saturated carbocycles. The van der Waals surface area contributed by atoms with Gasteiger partial charge in [-0.3, -0.25) is 0 Å². The van der Waals surface area contributed by atoms with Crippen LogP contribution in [-0.4, -0.2) is 4.57 Å². The van der Waals surface area contributed by atoms with Crippen LogP contribution in [0.4, 0.5) is 0 Å². The Hall–Kier alpha value is -0.817. The van der Waals surface area contributed by atoms with E-state index in [2.05, 4.69) is 81.1 Å². The summed E-state index contributed by atoms with van der Waals surface area (Å²) < 4.78 is 4.74. The van der Waals surface area contributed by atoms with Crippen LogP contribution in [0.2, 0.25) is 0 Å². The second-order valence-corrected chi connectivity index (χ2v) is 10.6. The van der Waals surface area contributed by atoms with Crippen molar-refractivity contribution in [2.45, 2.75) is 37.7 Å². The van der Waals surface area contributed by atoms with Crippen LogP contribution in [-0.2, 0) is 23.2 Å². The minimum Gasteiger partial charge on any atom is -1.00 e. The molecule has 26 heavy (non-hydrogen) atoms. The van der Waals surface area contributed by atoms with Crippen LogP contribution in [0.25, 0.3) is 11.8 Å². The first-order valence-electron chi connectivity index (χ1n) is 8.64. The fraction of sp³-hybridized carbons (Fsp3) is 0.273. The van der Waals surface area contributed by atoms with E-state index < -0.39 is 23.2 Å². The van der Waals surface area contributed by atoms with E-state index in [4.69, 9.17) is 0 Å². The van der Waals surface area contributed by atoms with Gasteiger partial charge in [-0.25, -0.2) is 0 Å². The van der Waals surface area contributed by atoms with Crippen LogP contribution in [0.15, 0.2) is 57.2 Å². The fourth-order valence-electron chi connectivity index (χ4n) is 3.83. The van der Waals surface area contributed by atoms with Crippen molar-refractivity contribution in [3.05, 3.63) is 79.4 Å². The van der Waals surface area contributed by atoms with Gasteiger partial charge in [0.2, 0.25) is 0 Å². The summed E-state index contributed by atoms with van der Waals surface area (Å²) in [7, 11) is 0. The molecule has 0 amide bonds. The first kappa shape index (κ1) is 21.5. The molecule has 0 saturated heterocycles. The van der Waals surface area contributed by atoms with Crippen molar-refractivity contribution in [3.63, 3.8) is 0 Å². The van der Waals surface area contributed by atoms with Gasteiger partial charge in [0.25, 0.3) is 0 Å². The zero-order valence-electron chi connectivity index (χ0n) is 15.6. The van der Waals surface area contributed by atoms with Gasteiger partial charge in [0.15, 0.2) is 0 Å². The molecule has 2 aliphatic carbocycles. The van der Waals surface area contributed by atoms with E-state index >= 15 is 0 Å². The zero-order chi connectivity index (χ0) is 16.8. The second-order valence-electron chi connectivity index (χ2n) is 6.96. The SMILES string of the molecule is CC1=CC[C]([Zr+2][CH]2C(n3cccc3)=Cc3c(C)ccc(C)c32)=C1C.[Cl-].[Cl-]. The molecule has 2 aliphatic rings. The Morgan fingerprint density at radius 2 is 1.62 bits per heavy atom. The van der Waals surface area contributed by atoms with Gasteiger partial charge in [0.05, 0.1) is 0 Å². The van der Waals surface area contributed by atoms with Crippen molar-refractivity contribution < 1.29 is 48.0 Å². The molecule has 0 bridgehead atoms. The van der Waals surface area contributed by atoms with Crippen LogP contribution < -0.4 is 24.8 Å². The van der Waals surface area contributed by atoms with E-state index in [0.29, 0.717) is 3.63 Å². The molecule has 0 aliphatic heterocycles. The van der Waals surface area contributed by atoms with Gasteiger partial charge in [-0.2, -0.15) is 0 Å². The third-order valence-corrected chi connectivity index (χ3v) is 9.90. The monoisotopic (exact) mass is 461 g/mol. The molecule has 1 heterocycles. The number of rotatable bonds is 3. The number of benzene rings is 1. The van der Waals surface area contributed by atoms with Gasteiger partial charge in [-0.05, 0) is 0 Å². The number of halogens is 2. The molecular formula is C22H23Cl2NZr. The van der Waals surface area contributed by atoms with Gasteiger partial charge in [-0.1, -0.05) is 0 Å². The van der Waals surface area contributed by atoms with Gasteiger partial charge >= 0.3 is 157 Å². The Kier molecular flexibility index (Phi) is 6.99. The number of aryl methyl sites for hydroxylation is 2. The van der Waals surface area contributed by atoms with Crippen LogP contribution in [0.3, 0.4) is 0 Å². The molecule has 1 aromatic heterocycles. The molecule has 0 fully saturated rings. The quantitative estimate of drug-likeness (QED) is 0.598. The van der Waals surface area contributed by atoms with Crippen molar-refractivity contribution in [3.8, 4) is 0 Å². The van der Waals surface area contributed by atoms with E-state index in [1.54, 1.807) is 14.4 Å². The van der Waals surface area contributed by atoms with Gasteiger partial charge in [0, 0.05) is 0 Å². The molecule has 1 nitrogen and oxygen atoms in total. The molecule has 0 radical (unpaired) electrons. The Bertz CT molecular complexity index is 904. The Labute approximate surface area is 180 Å². The molecule has 4 heteroatoms. The first-order chi connectivity index (χ1) is 11.6. The topological polar surface area (TPSA) is 4.93 Å². The third-order valence-electron chi connectivity index (χ3n) is 5.48. The van der Waals surface area contributed by atoms with Gasteiger partial charge in [-0.15, -0.1) is 0 Å². The zero-order valence-corrected chi connectivity index (χ0v) is 19.6. The fourth-order valence-corrected chi connectivity index (χ4v) is 8.47. The van der Waals surface area contributed by atoms with Crippen LogP contribution in [0.5, 0.6) is 0 Å². The number of nitrogens with zero attached hydrogens (tertiary/aromatic N) is 1. The molecule has 134 valence electrons. The van der Waals surface area contributed by atoms with Crippen LogP contribution >= 0.6 is 0 Å². The summed E-state index contributed by atoms with van der Waals surface area (Å²) in [4.78, 5) is 0. The van der Waals surface area contributed by atoms with Crippen LogP contribution in [0, 0.1) is 13.8 Å². The van der Waals surface area contributed by atoms with Gasteiger partial charge < -0.3 is 24.8 Å². The molecule has 4 rings (SSSR count). The summed E-state index contributed by atoms with van der Waals surface area (Å²) >= 11 is -0.733. The average Bonchev–Trinajstić information content (AvgIpc) is 3.27. The van der Waals surface area contributed by atoms with E-state index in [9.17, 15) is 0 Å². The molecule has 1 aromatic carbocycles. The minimum absolute atomic E-state index is 0. The molecule has 2 aromatic rings. The third kappa shape index (κ3) is 3.61. The summed E-state index contributed by atoms with van der Waals surface area (Å²) in [5.41, 5.74) is 10.5. The van der Waals surface area contributed by atoms with E-state index in [1.807, 2.05) is 0 Å². The summed E-state index contributed by atoms with van der Waals surface area (Å²) in [6.45, 7) is 9.13. The predicted molar refractivity (Wildman–Crippen MR) is 98.3 cm³/mol. The molecule has 1 unspecified atom stereocenters. The standard InChI is InChI=1S/C15H14N.C7H9.2ClH.Zr/c1-11-5-6-12(2)15-10-13(9-14(11)15)16-7-3-4-8-16;1-6-4-3-5-7(6)2;;;/h3-10H,1-2H3;4H,3H2,1-2H3;2*1H;/q;;;;+2/p-2. The van der Waals surface area contributed by atoms with Crippen LogP contribution in [0.1, 0.15) is 46.1 Å². The maximum atomic E-state index is 2.45. The first-order valence-corrected chi connectivity index (χ1v) is 11.3. The molecule has 1 atom stereocenters. The Morgan fingerprint density at radius 1 is 0.962 bits per heavy atom. The molecule has 0 spiro atoms. The predicted octanol–water partition coefficient (Wildman–Crippen LogP) is -0.128. The average molecular weight is 464 g/mol. The largest absolute Gasteiger partial charge is 1.00 e. The van der Waals surface area contributed by atoms with Crippen molar-refractivity contribution in [2.75, 3.05) is 0 Å². The summed E-state index contributed by atoms with van der Waals surface area (Å²) in [5, 5.41) is 0. The van der Waals surface area contributed by atoms with Crippen molar-refractivity contribution in [2.24, 2.45) is 0 Å². The summed E-state index contributed by atoms with van der Waals surface area (Å²) in [6, 6.07) is 8.86. The number of fused-ring (bicyclic) bond motifs is 1. The minimum atomic E-state index is -0.733. The van der Waals surface area contributed by atoms with Crippen molar-refractivity contribution in [1.29, 1.82) is 0 Å².